The highest BCUT2D eigenvalue weighted by atomic mass is 35.5. The van der Waals surface area contributed by atoms with Crippen molar-refractivity contribution in [2.75, 3.05) is 18.1 Å². The molecule has 0 bridgehead atoms. The molecule has 2 aromatic carbocycles. The van der Waals surface area contributed by atoms with Crippen LogP contribution in [-0.4, -0.2) is 30.9 Å². The van der Waals surface area contributed by atoms with Gasteiger partial charge in [-0.15, -0.1) is 0 Å². The molecule has 7 nitrogen and oxygen atoms in total. The lowest BCUT2D eigenvalue weighted by Gasteiger charge is -2.16. The number of nitrogens with zero attached hydrogens (tertiary/aromatic N) is 1. The van der Waals surface area contributed by atoms with Crippen molar-refractivity contribution in [3.8, 4) is 5.75 Å². The molecule has 1 fully saturated rings. The fraction of sp³-hybridized carbons (Fsp3) is 0.318. The molecule has 2 N–H and O–H groups in total. The van der Waals surface area contributed by atoms with E-state index in [-0.39, 0.29) is 18.2 Å². The predicted molar refractivity (Wildman–Crippen MR) is 115 cm³/mol. The molecule has 1 aliphatic heterocycles. The number of halogens is 1. The summed E-state index contributed by atoms with van der Waals surface area (Å²) in [6.45, 7) is 2.97. The lowest BCUT2D eigenvalue weighted by Crippen LogP contribution is -2.41. The molecule has 0 atom stereocenters. The van der Waals surface area contributed by atoms with Gasteiger partial charge in [-0.1, -0.05) is 11.6 Å². The Labute approximate surface area is 180 Å². The minimum Gasteiger partial charge on any atom is -0.493 e. The first kappa shape index (κ1) is 21.6. The molecular weight excluding hydrogens is 406 g/mol. The minimum absolute atomic E-state index is 0.0923. The number of hydrogen-bond donors (Lipinski definition) is 2. The van der Waals surface area contributed by atoms with Gasteiger partial charge in [0.1, 0.15) is 5.75 Å². The molecule has 1 saturated heterocycles. The van der Waals surface area contributed by atoms with Gasteiger partial charge in [-0.05, 0) is 67.8 Å². The van der Waals surface area contributed by atoms with Crippen molar-refractivity contribution in [1.29, 1.82) is 0 Å². The maximum Gasteiger partial charge on any atom is 0.269 e. The number of hydrazine groups is 1. The zero-order valence-electron chi connectivity index (χ0n) is 16.7. The van der Waals surface area contributed by atoms with E-state index in [9.17, 15) is 14.4 Å². The van der Waals surface area contributed by atoms with Crippen LogP contribution in [0.2, 0.25) is 5.02 Å². The van der Waals surface area contributed by atoms with Crippen molar-refractivity contribution in [2.24, 2.45) is 0 Å². The Hall–Kier alpha value is -3.06. The molecule has 0 aromatic heterocycles. The highest BCUT2D eigenvalue weighted by Crippen LogP contribution is 2.22. The Morgan fingerprint density at radius 2 is 1.90 bits per heavy atom. The largest absolute Gasteiger partial charge is 0.493 e. The van der Waals surface area contributed by atoms with E-state index in [4.69, 9.17) is 16.3 Å². The maximum atomic E-state index is 12.2. The minimum atomic E-state index is -0.421. The third-order valence-electron chi connectivity index (χ3n) is 4.77. The highest BCUT2D eigenvalue weighted by molar-refractivity contribution is 6.30. The molecule has 158 valence electrons. The number of anilines is 1. The van der Waals surface area contributed by atoms with Gasteiger partial charge in [0, 0.05) is 35.7 Å². The summed E-state index contributed by atoms with van der Waals surface area (Å²) in [5.41, 5.74) is 6.89. The highest BCUT2D eigenvalue weighted by Gasteiger charge is 2.21. The maximum absolute atomic E-state index is 12.2. The third kappa shape index (κ3) is 5.73. The van der Waals surface area contributed by atoms with Gasteiger partial charge in [-0.3, -0.25) is 25.2 Å². The number of nitrogens with one attached hydrogen (secondary N) is 2. The van der Waals surface area contributed by atoms with Crippen molar-refractivity contribution in [2.45, 2.75) is 32.6 Å². The lowest BCUT2D eigenvalue weighted by atomic mass is 10.2. The Morgan fingerprint density at radius 3 is 2.57 bits per heavy atom. The van der Waals surface area contributed by atoms with E-state index in [1.54, 1.807) is 41.3 Å². The number of carbonyl (C=O) groups excluding carboxylic acids is 3. The van der Waals surface area contributed by atoms with E-state index in [1.807, 2.05) is 13.0 Å². The van der Waals surface area contributed by atoms with Crippen molar-refractivity contribution in [1.82, 2.24) is 10.9 Å². The molecule has 0 radical (unpaired) electrons. The Balaban J connectivity index is 1.38. The first-order valence-corrected chi connectivity index (χ1v) is 10.2. The van der Waals surface area contributed by atoms with Crippen LogP contribution in [0.25, 0.3) is 0 Å². The van der Waals surface area contributed by atoms with Gasteiger partial charge in [-0.2, -0.15) is 0 Å². The Kier molecular flexibility index (Phi) is 7.30. The van der Waals surface area contributed by atoms with Crippen LogP contribution >= 0.6 is 11.6 Å². The van der Waals surface area contributed by atoms with Crippen LogP contribution in [0.5, 0.6) is 5.75 Å². The summed E-state index contributed by atoms with van der Waals surface area (Å²) in [7, 11) is 0. The van der Waals surface area contributed by atoms with Crippen molar-refractivity contribution >= 4 is 35.0 Å². The van der Waals surface area contributed by atoms with E-state index in [0.717, 1.165) is 23.4 Å². The molecule has 2 aromatic rings. The van der Waals surface area contributed by atoms with E-state index in [0.29, 0.717) is 36.6 Å². The first-order valence-electron chi connectivity index (χ1n) is 9.82. The van der Waals surface area contributed by atoms with Crippen LogP contribution in [0.15, 0.2) is 42.5 Å². The van der Waals surface area contributed by atoms with Crippen LogP contribution in [0.3, 0.4) is 0 Å². The van der Waals surface area contributed by atoms with Gasteiger partial charge < -0.3 is 9.64 Å². The van der Waals surface area contributed by atoms with Gasteiger partial charge in [0.25, 0.3) is 5.91 Å². The molecule has 30 heavy (non-hydrogen) atoms. The SMILES string of the molecule is Cc1cc(Cl)ccc1OCCCC(=O)NNC(=O)c1ccc(N2CCCC2=O)cc1. The predicted octanol–water partition coefficient (Wildman–Crippen LogP) is 3.40. The number of ether oxygens (including phenoxy) is 1. The fourth-order valence-corrected chi connectivity index (χ4v) is 3.39. The summed E-state index contributed by atoms with van der Waals surface area (Å²) in [6.07, 6.45) is 2.11. The molecule has 8 heteroatoms. The van der Waals surface area contributed by atoms with Crippen LogP contribution < -0.4 is 20.5 Å². The number of hydrogen-bond acceptors (Lipinski definition) is 4. The van der Waals surface area contributed by atoms with Gasteiger partial charge in [0.05, 0.1) is 6.61 Å². The molecule has 0 aliphatic carbocycles. The first-order chi connectivity index (χ1) is 14.4. The lowest BCUT2D eigenvalue weighted by molar-refractivity contribution is -0.122. The zero-order chi connectivity index (χ0) is 21.5. The molecule has 0 spiro atoms. The van der Waals surface area contributed by atoms with E-state index in [2.05, 4.69) is 10.9 Å². The average Bonchev–Trinajstić information content (AvgIpc) is 3.16. The van der Waals surface area contributed by atoms with Crippen molar-refractivity contribution < 1.29 is 19.1 Å². The number of amides is 3. The monoisotopic (exact) mass is 429 g/mol. The molecular formula is C22H24ClN3O4. The number of benzene rings is 2. The molecule has 0 saturated carbocycles. The van der Waals surface area contributed by atoms with Crippen LogP contribution in [0.1, 0.15) is 41.6 Å². The van der Waals surface area contributed by atoms with Gasteiger partial charge in [-0.25, -0.2) is 0 Å². The standard InChI is InChI=1S/C22H24ClN3O4/c1-15-14-17(23)8-11-19(15)30-13-3-4-20(27)24-25-22(29)16-6-9-18(10-7-16)26-12-2-5-21(26)28/h6-11,14H,2-5,12-13H2,1H3,(H,24,27)(H,25,29). The third-order valence-corrected chi connectivity index (χ3v) is 5.01. The fourth-order valence-electron chi connectivity index (χ4n) is 3.16. The summed E-state index contributed by atoms with van der Waals surface area (Å²) in [6, 6.07) is 12.1. The quantitative estimate of drug-likeness (QED) is 0.521. The summed E-state index contributed by atoms with van der Waals surface area (Å²) in [4.78, 5) is 37.6. The Bertz CT molecular complexity index is 930. The smallest absolute Gasteiger partial charge is 0.269 e. The molecule has 3 amide bonds. The second kappa shape index (κ2) is 10.1. The van der Waals surface area contributed by atoms with Gasteiger partial charge >= 0.3 is 0 Å². The van der Waals surface area contributed by atoms with Crippen molar-refractivity contribution in [3.63, 3.8) is 0 Å². The second-order valence-corrected chi connectivity index (χ2v) is 7.50. The van der Waals surface area contributed by atoms with E-state index in [1.165, 1.54) is 0 Å². The van der Waals surface area contributed by atoms with E-state index < -0.39 is 5.91 Å². The Morgan fingerprint density at radius 1 is 1.13 bits per heavy atom. The summed E-state index contributed by atoms with van der Waals surface area (Å²) in [5, 5.41) is 0.647. The average molecular weight is 430 g/mol. The normalized spacial score (nSPS) is 13.3. The molecule has 0 unspecified atom stereocenters. The summed E-state index contributed by atoms with van der Waals surface area (Å²) >= 11 is 5.91. The summed E-state index contributed by atoms with van der Waals surface area (Å²) < 4.78 is 5.64. The van der Waals surface area contributed by atoms with E-state index >= 15 is 0 Å². The summed E-state index contributed by atoms with van der Waals surface area (Å²) in [5.74, 6) is 0.0941. The number of carbonyl (C=O) groups is 3. The zero-order valence-corrected chi connectivity index (χ0v) is 17.5. The second-order valence-electron chi connectivity index (χ2n) is 7.06. The number of rotatable bonds is 7. The topological polar surface area (TPSA) is 87.7 Å². The van der Waals surface area contributed by atoms with Gasteiger partial charge in [0.2, 0.25) is 11.8 Å². The molecule has 1 heterocycles. The van der Waals surface area contributed by atoms with Crippen molar-refractivity contribution in [3.05, 3.63) is 58.6 Å². The number of aryl methyl sites for hydroxylation is 1. The van der Waals surface area contributed by atoms with Crippen LogP contribution in [0.4, 0.5) is 5.69 Å². The molecule has 1 aliphatic rings. The van der Waals surface area contributed by atoms with Crippen LogP contribution in [-0.2, 0) is 9.59 Å². The van der Waals surface area contributed by atoms with Gasteiger partial charge in [0.15, 0.2) is 0 Å². The molecule has 3 rings (SSSR count). The van der Waals surface area contributed by atoms with Crippen LogP contribution in [0, 0.1) is 6.92 Å².